The van der Waals surface area contributed by atoms with E-state index in [0.717, 1.165) is 40.7 Å². The molecular formula is C17H15F4N3O5S. The van der Waals surface area contributed by atoms with Gasteiger partial charge in [-0.25, -0.2) is 12.8 Å². The van der Waals surface area contributed by atoms with Crippen molar-refractivity contribution in [2.45, 2.75) is 11.3 Å². The molecule has 30 heavy (non-hydrogen) atoms. The summed E-state index contributed by atoms with van der Waals surface area (Å²) in [6.07, 6.45) is -4.89. The van der Waals surface area contributed by atoms with Crippen molar-refractivity contribution in [3.8, 4) is 5.75 Å². The molecule has 0 aliphatic carbocycles. The molecule has 2 aromatic rings. The van der Waals surface area contributed by atoms with Crippen molar-refractivity contribution in [3.63, 3.8) is 0 Å². The first kappa shape index (κ1) is 21.8. The fraction of sp³-hybridized carbons (Fsp3) is 0.294. The Balaban J connectivity index is 1.72. The lowest BCUT2D eigenvalue weighted by Gasteiger charge is -2.35. The third kappa shape index (κ3) is 4.79. The van der Waals surface area contributed by atoms with Crippen molar-refractivity contribution in [2.24, 2.45) is 0 Å². The predicted octanol–water partition coefficient (Wildman–Crippen LogP) is 3.14. The monoisotopic (exact) mass is 449 g/mol. The number of piperazine rings is 1. The Bertz CT molecular complexity index is 1040. The van der Waals surface area contributed by atoms with Crippen molar-refractivity contribution >= 4 is 21.4 Å². The van der Waals surface area contributed by atoms with Gasteiger partial charge in [-0.05, 0) is 36.4 Å². The lowest BCUT2D eigenvalue weighted by Crippen LogP contribution is -2.48. The normalized spacial score (nSPS) is 15.8. The van der Waals surface area contributed by atoms with Crippen LogP contribution in [0.2, 0.25) is 0 Å². The van der Waals surface area contributed by atoms with Gasteiger partial charge in [0.15, 0.2) is 0 Å². The lowest BCUT2D eigenvalue weighted by molar-refractivity contribution is -0.384. The Morgan fingerprint density at radius 2 is 1.60 bits per heavy atom. The molecular weight excluding hydrogens is 434 g/mol. The van der Waals surface area contributed by atoms with Gasteiger partial charge in [-0.1, -0.05) is 0 Å². The molecule has 1 heterocycles. The number of halogens is 4. The molecule has 1 aliphatic rings. The van der Waals surface area contributed by atoms with Crippen LogP contribution < -0.4 is 9.64 Å². The molecule has 2 aromatic carbocycles. The topological polar surface area (TPSA) is 93.0 Å². The largest absolute Gasteiger partial charge is 0.573 e. The molecule has 1 saturated heterocycles. The quantitative estimate of drug-likeness (QED) is 0.396. The SMILES string of the molecule is O=[N+]([O-])c1cc(F)ccc1N1CCN(S(=O)(=O)c2ccc(OC(F)(F)F)cc2)CC1. The molecule has 162 valence electrons. The standard InChI is InChI=1S/C17H15F4N3O5S/c18-12-1-6-15(16(11-12)24(25)26)22-7-9-23(10-8-22)30(27,28)14-4-2-13(3-5-14)29-17(19,20)21/h1-6,11H,7-10H2. The summed E-state index contributed by atoms with van der Waals surface area (Å²) in [5, 5.41) is 11.2. The zero-order valence-corrected chi connectivity index (χ0v) is 16.0. The number of rotatable bonds is 5. The molecule has 1 fully saturated rings. The van der Waals surface area contributed by atoms with Crippen LogP contribution in [0.25, 0.3) is 0 Å². The summed E-state index contributed by atoms with van der Waals surface area (Å²) in [7, 11) is -3.99. The van der Waals surface area contributed by atoms with Gasteiger partial charge in [-0.3, -0.25) is 10.1 Å². The van der Waals surface area contributed by atoms with E-state index >= 15 is 0 Å². The van der Waals surface area contributed by atoms with Crippen molar-refractivity contribution < 1.29 is 35.6 Å². The number of sulfonamides is 1. The van der Waals surface area contributed by atoms with Crippen molar-refractivity contribution in [1.82, 2.24) is 4.31 Å². The second-order valence-electron chi connectivity index (χ2n) is 6.30. The summed E-state index contributed by atoms with van der Waals surface area (Å²) in [5.74, 6) is -1.31. The van der Waals surface area contributed by atoms with Gasteiger partial charge in [0.05, 0.1) is 15.9 Å². The average molecular weight is 449 g/mol. The molecule has 8 nitrogen and oxygen atoms in total. The number of alkyl halides is 3. The third-order valence-corrected chi connectivity index (χ3v) is 6.32. The summed E-state index contributed by atoms with van der Waals surface area (Å²) in [6.45, 7) is 0.192. The van der Waals surface area contributed by atoms with E-state index in [1.165, 1.54) is 6.07 Å². The van der Waals surface area contributed by atoms with E-state index in [2.05, 4.69) is 4.74 Å². The van der Waals surface area contributed by atoms with Gasteiger partial charge >= 0.3 is 6.36 Å². The van der Waals surface area contributed by atoms with Crippen molar-refractivity contribution in [3.05, 3.63) is 58.4 Å². The van der Waals surface area contributed by atoms with E-state index in [4.69, 9.17) is 0 Å². The molecule has 3 rings (SSSR count). The Morgan fingerprint density at radius 1 is 1.00 bits per heavy atom. The lowest BCUT2D eigenvalue weighted by atomic mass is 10.2. The van der Waals surface area contributed by atoms with Crippen LogP contribution in [0.15, 0.2) is 47.4 Å². The highest BCUT2D eigenvalue weighted by Gasteiger charge is 2.33. The van der Waals surface area contributed by atoms with Crippen LogP contribution in [-0.4, -0.2) is 50.2 Å². The van der Waals surface area contributed by atoms with Crippen LogP contribution in [0, 0.1) is 15.9 Å². The molecule has 13 heteroatoms. The molecule has 0 N–H and O–H groups in total. The van der Waals surface area contributed by atoms with Gasteiger partial charge in [-0.15, -0.1) is 13.2 Å². The van der Waals surface area contributed by atoms with E-state index < -0.39 is 38.6 Å². The van der Waals surface area contributed by atoms with Gasteiger partial charge in [0.25, 0.3) is 5.69 Å². The number of hydrogen-bond acceptors (Lipinski definition) is 6. The van der Waals surface area contributed by atoms with Crippen LogP contribution >= 0.6 is 0 Å². The Hall–Kier alpha value is -2.93. The molecule has 0 atom stereocenters. The highest BCUT2D eigenvalue weighted by atomic mass is 32.2. The summed E-state index contributed by atoms with van der Waals surface area (Å²) < 4.78 is 80.3. The minimum atomic E-state index is -4.89. The first-order valence-electron chi connectivity index (χ1n) is 8.52. The summed E-state index contributed by atoms with van der Waals surface area (Å²) in [6, 6.07) is 6.95. The van der Waals surface area contributed by atoms with E-state index in [1.807, 2.05) is 0 Å². The number of ether oxygens (including phenoxy) is 1. The smallest absolute Gasteiger partial charge is 0.406 e. The Morgan fingerprint density at radius 3 is 2.13 bits per heavy atom. The average Bonchev–Trinajstić information content (AvgIpc) is 2.67. The number of nitro benzene ring substituents is 1. The second kappa shape index (κ2) is 8.07. The van der Waals surface area contributed by atoms with E-state index in [9.17, 15) is 36.1 Å². The fourth-order valence-electron chi connectivity index (χ4n) is 3.04. The fourth-order valence-corrected chi connectivity index (χ4v) is 4.46. The molecule has 0 bridgehead atoms. The number of anilines is 1. The minimum absolute atomic E-state index is 0.0162. The number of benzene rings is 2. The Labute approximate surface area is 168 Å². The molecule has 0 radical (unpaired) electrons. The van der Waals surface area contributed by atoms with Crippen molar-refractivity contribution in [1.29, 1.82) is 0 Å². The van der Waals surface area contributed by atoms with Gasteiger partial charge in [-0.2, -0.15) is 4.31 Å². The highest BCUT2D eigenvalue weighted by molar-refractivity contribution is 7.89. The molecule has 1 aliphatic heterocycles. The van der Waals surface area contributed by atoms with Crippen LogP contribution in [0.3, 0.4) is 0 Å². The Kier molecular flexibility index (Phi) is 5.85. The molecule has 0 saturated carbocycles. The number of nitrogens with zero attached hydrogens (tertiary/aromatic N) is 3. The minimum Gasteiger partial charge on any atom is -0.406 e. The van der Waals surface area contributed by atoms with Crippen LogP contribution in [-0.2, 0) is 10.0 Å². The highest BCUT2D eigenvalue weighted by Crippen LogP contribution is 2.31. The maximum absolute atomic E-state index is 13.3. The summed E-state index contributed by atoms with van der Waals surface area (Å²) in [4.78, 5) is 11.8. The first-order valence-corrected chi connectivity index (χ1v) is 9.96. The maximum Gasteiger partial charge on any atom is 0.573 e. The summed E-state index contributed by atoms with van der Waals surface area (Å²) in [5.41, 5.74) is -0.251. The van der Waals surface area contributed by atoms with E-state index in [1.54, 1.807) is 4.90 Å². The van der Waals surface area contributed by atoms with Crippen LogP contribution in [0.5, 0.6) is 5.75 Å². The van der Waals surface area contributed by atoms with E-state index in [0.29, 0.717) is 0 Å². The molecule has 0 spiro atoms. The number of nitro groups is 1. The first-order chi connectivity index (χ1) is 14.0. The zero-order chi connectivity index (χ0) is 22.1. The molecule has 0 unspecified atom stereocenters. The van der Waals surface area contributed by atoms with Gasteiger partial charge < -0.3 is 9.64 Å². The maximum atomic E-state index is 13.3. The van der Waals surface area contributed by atoms with Crippen molar-refractivity contribution in [2.75, 3.05) is 31.1 Å². The number of hydrogen-bond donors (Lipinski definition) is 0. The third-order valence-electron chi connectivity index (χ3n) is 4.41. The van der Waals surface area contributed by atoms with Gasteiger partial charge in [0.2, 0.25) is 10.0 Å². The predicted molar refractivity (Wildman–Crippen MR) is 97.2 cm³/mol. The van der Waals surface area contributed by atoms with Crippen LogP contribution in [0.4, 0.5) is 28.9 Å². The van der Waals surface area contributed by atoms with Gasteiger partial charge in [0, 0.05) is 26.2 Å². The second-order valence-corrected chi connectivity index (χ2v) is 8.24. The molecule has 0 aromatic heterocycles. The van der Waals surface area contributed by atoms with E-state index in [-0.39, 0.29) is 36.8 Å². The van der Waals surface area contributed by atoms with Crippen LogP contribution in [0.1, 0.15) is 0 Å². The molecule has 0 amide bonds. The van der Waals surface area contributed by atoms with Gasteiger partial charge in [0.1, 0.15) is 17.3 Å². The summed E-state index contributed by atoms with van der Waals surface area (Å²) >= 11 is 0. The zero-order valence-electron chi connectivity index (χ0n) is 15.2.